The predicted octanol–water partition coefficient (Wildman–Crippen LogP) is 2.43. The quantitative estimate of drug-likeness (QED) is 0.867. The molecule has 1 heterocycles. The van der Waals surface area contributed by atoms with Crippen LogP contribution >= 0.6 is 0 Å². The van der Waals surface area contributed by atoms with Gasteiger partial charge in [-0.15, -0.1) is 0 Å². The zero-order valence-corrected chi connectivity index (χ0v) is 12.3. The van der Waals surface area contributed by atoms with Crippen molar-refractivity contribution in [3.8, 4) is 0 Å². The second-order valence-corrected chi connectivity index (χ2v) is 6.33. The Morgan fingerprint density at radius 2 is 1.91 bits per heavy atom. The van der Waals surface area contributed by atoms with E-state index >= 15 is 0 Å². The van der Waals surface area contributed by atoms with Gasteiger partial charge in [0.05, 0.1) is 5.41 Å². The summed E-state index contributed by atoms with van der Waals surface area (Å²) in [6.07, 6.45) is 2.33. The van der Waals surface area contributed by atoms with Crippen LogP contribution in [0.1, 0.15) is 18.4 Å². The van der Waals surface area contributed by atoms with E-state index in [1.54, 1.807) is 4.90 Å². The number of benzene rings is 1. The van der Waals surface area contributed by atoms with E-state index in [0.29, 0.717) is 25.9 Å². The third-order valence-electron chi connectivity index (χ3n) is 4.72. The van der Waals surface area contributed by atoms with Crippen molar-refractivity contribution in [1.29, 1.82) is 0 Å². The Morgan fingerprint density at radius 3 is 2.45 bits per heavy atom. The lowest BCUT2D eigenvalue weighted by Crippen LogP contribution is -2.69. The second-order valence-electron chi connectivity index (χ2n) is 6.33. The van der Waals surface area contributed by atoms with Crippen molar-refractivity contribution in [2.75, 3.05) is 19.7 Å². The third-order valence-corrected chi connectivity index (χ3v) is 4.72. The van der Waals surface area contributed by atoms with Crippen LogP contribution < -0.4 is 0 Å². The fraction of sp³-hybridized carbons (Fsp3) is 0.412. The summed E-state index contributed by atoms with van der Waals surface area (Å²) < 4.78 is 4.99. The smallest absolute Gasteiger partial charge is 0.410 e. The molecule has 0 atom stereocenters. The van der Waals surface area contributed by atoms with Crippen LogP contribution in [0.2, 0.25) is 0 Å². The van der Waals surface area contributed by atoms with E-state index in [1.807, 2.05) is 30.3 Å². The first-order valence-electron chi connectivity index (χ1n) is 7.33. The van der Waals surface area contributed by atoms with Crippen LogP contribution in [0, 0.1) is 5.41 Å². The van der Waals surface area contributed by atoms with Gasteiger partial charge in [-0.3, -0.25) is 4.79 Å². The fourth-order valence-corrected chi connectivity index (χ4v) is 3.80. The minimum atomic E-state index is -0.807. The molecule has 3 rings (SSSR count). The fourth-order valence-electron chi connectivity index (χ4n) is 3.80. The largest absolute Gasteiger partial charge is 0.481 e. The number of rotatable bonds is 4. The van der Waals surface area contributed by atoms with Gasteiger partial charge in [-0.1, -0.05) is 43.0 Å². The predicted molar refractivity (Wildman–Crippen MR) is 80.5 cm³/mol. The van der Waals surface area contributed by atoms with Crippen LogP contribution in [-0.2, 0) is 14.9 Å². The number of nitrogens with zero attached hydrogens (tertiary/aromatic N) is 1. The first-order valence-corrected chi connectivity index (χ1v) is 7.33. The molecule has 1 spiro atoms. The molecule has 22 heavy (non-hydrogen) atoms. The van der Waals surface area contributed by atoms with Crippen LogP contribution in [0.4, 0.5) is 4.79 Å². The van der Waals surface area contributed by atoms with Crippen LogP contribution in [0.3, 0.4) is 0 Å². The molecular weight excluding hydrogens is 282 g/mol. The number of carbonyl (C=O) groups is 2. The van der Waals surface area contributed by atoms with Gasteiger partial charge < -0.3 is 14.7 Å². The Morgan fingerprint density at radius 1 is 1.27 bits per heavy atom. The summed E-state index contributed by atoms with van der Waals surface area (Å²) in [5.74, 6) is -0.781. The molecule has 116 valence electrons. The van der Waals surface area contributed by atoms with Gasteiger partial charge in [-0.05, 0) is 18.4 Å². The normalized spacial score (nSPS) is 20.6. The van der Waals surface area contributed by atoms with Gasteiger partial charge in [0.2, 0.25) is 0 Å². The number of aliphatic carboxylic acids is 1. The molecule has 1 aliphatic carbocycles. The molecule has 0 bridgehead atoms. The Hall–Kier alpha value is -2.30. The minimum absolute atomic E-state index is 0.0680. The number of likely N-dealkylation sites (tertiary alicyclic amines) is 1. The Balaban J connectivity index is 1.65. The summed E-state index contributed by atoms with van der Waals surface area (Å²) in [6, 6.07) is 9.36. The van der Waals surface area contributed by atoms with Gasteiger partial charge in [0.1, 0.15) is 6.61 Å². The zero-order chi connectivity index (χ0) is 15.8. The summed E-state index contributed by atoms with van der Waals surface area (Å²) in [5, 5.41) is 9.66. The highest BCUT2D eigenvalue weighted by atomic mass is 16.6. The van der Waals surface area contributed by atoms with Crippen molar-refractivity contribution < 1.29 is 19.4 Å². The molecule has 5 nitrogen and oxygen atoms in total. The highest BCUT2D eigenvalue weighted by Gasteiger charge is 2.64. The van der Waals surface area contributed by atoms with Crippen molar-refractivity contribution >= 4 is 12.1 Å². The van der Waals surface area contributed by atoms with Crippen molar-refractivity contribution in [2.45, 2.75) is 18.3 Å². The number of carboxylic acids is 1. The molecule has 1 aliphatic heterocycles. The highest BCUT2D eigenvalue weighted by molar-refractivity contribution is 5.83. The van der Waals surface area contributed by atoms with Crippen LogP contribution in [0.15, 0.2) is 43.0 Å². The number of carboxylic acid groups (broad SMARTS) is 1. The molecule has 2 fully saturated rings. The van der Waals surface area contributed by atoms with E-state index in [-0.39, 0.29) is 18.1 Å². The van der Waals surface area contributed by atoms with E-state index in [2.05, 4.69) is 6.58 Å². The summed E-state index contributed by atoms with van der Waals surface area (Å²) in [4.78, 5) is 25.1. The van der Waals surface area contributed by atoms with Gasteiger partial charge in [0, 0.05) is 18.5 Å². The molecule has 0 aromatic heterocycles. The maximum absolute atomic E-state index is 11.8. The number of hydrogen-bond donors (Lipinski definition) is 1. The van der Waals surface area contributed by atoms with Gasteiger partial charge in [0.25, 0.3) is 0 Å². The van der Waals surface area contributed by atoms with Crippen molar-refractivity contribution in [3.05, 3.63) is 48.6 Å². The summed E-state index contributed by atoms with van der Waals surface area (Å²) in [6.45, 7) is 4.85. The van der Waals surface area contributed by atoms with Gasteiger partial charge in [0.15, 0.2) is 0 Å². The number of hydrogen-bond acceptors (Lipinski definition) is 3. The highest BCUT2D eigenvalue weighted by Crippen LogP contribution is 2.60. The van der Waals surface area contributed by atoms with E-state index in [9.17, 15) is 14.7 Å². The lowest BCUT2D eigenvalue weighted by atomic mass is 9.47. The standard InChI is InChI=1S/C17H19NO4/c1-2-8-22-15(21)18-11-16(12-18)9-17(10-16,14(19)20)13-6-4-3-5-7-13/h2-7H,1,8-12H2,(H,19,20). The van der Waals surface area contributed by atoms with E-state index in [1.165, 1.54) is 6.08 Å². The molecule has 1 aromatic carbocycles. The Kier molecular flexibility index (Phi) is 3.43. The van der Waals surface area contributed by atoms with Crippen LogP contribution in [-0.4, -0.2) is 41.8 Å². The molecule has 2 aliphatic rings. The maximum Gasteiger partial charge on any atom is 0.410 e. The Bertz CT molecular complexity index is 596. The van der Waals surface area contributed by atoms with Crippen LogP contribution in [0.25, 0.3) is 0 Å². The molecule has 0 radical (unpaired) electrons. The SMILES string of the molecule is C=CCOC(=O)N1CC2(C1)CC(C(=O)O)(c1ccccc1)C2. The van der Waals surface area contributed by atoms with Gasteiger partial charge in [-0.2, -0.15) is 0 Å². The molecule has 1 saturated heterocycles. The maximum atomic E-state index is 11.8. The Labute approximate surface area is 129 Å². The molecular formula is C17H19NO4. The molecule has 0 unspecified atom stereocenters. The van der Waals surface area contributed by atoms with Crippen molar-refractivity contribution in [1.82, 2.24) is 4.90 Å². The lowest BCUT2D eigenvalue weighted by molar-refractivity contribution is -0.165. The van der Waals surface area contributed by atoms with Crippen LogP contribution in [0.5, 0.6) is 0 Å². The number of carbonyl (C=O) groups excluding carboxylic acids is 1. The molecule has 1 saturated carbocycles. The molecule has 1 aromatic rings. The zero-order valence-electron chi connectivity index (χ0n) is 12.3. The first kappa shape index (κ1) is 14.6. The van der Waals surface area contributed by atoms with Crippen molar-refractivity contribution in [2.24, 2.45) is 5.41 Å². The molecule has 1 N–H and O–H groups in total. The average molecular weight is 301 g/mol. The monoisotopic (exact) mass is 301 g/mol. The molecule has 5 heteroatoms. The van der Waals surface area contributed by atoms with Crippen molar-refractivity contribution in [3.63, 3.8) is 0 Å². The average Bonchev–Trinajstić information content (AvgIpc) is 2.43. The summed E-state index contributed by atoms with van der Waals surface area (Å²) in [5.41, 5.74) is -0.0272. The first-order chi connectivity index (χ1) is 10.5. The van der Waals surface area contributed by atoms with Gasteiger partial charge in [-0.25, -0.2) is 4.79 Å². The van der Waals surface area contributed by atoms with E-state index < -0.39 is 11.4 Å². The van der Waals surface area contributed by atoms with Gasteiger partial charge >= 0.3 is 12.1 Å². The number of amides is 1. The summed E-state index contributed by atoms with van der Waals surface area (Å²) in [7, 11) is 0. The van der Waals surface area contributed by atoms with E-state index in [4.69, 9.17) is 4.74 Å². The number of ether oxygens (including phenoxy) is 1. The topological polar surface area (TPSA) is 66.8 Å². The third kappa shape index (κ3) is 2.17. The minimum Gasteiger partial charge on any atom is -0.481 e. The molecule has 1 amide bonds. The second kappa shape index (κ2) is 5.16. The lowest BCUT2D eigenvalue weighted by Gasteiger charge is -2.62. The van der Waals surface area contributed by atoms with E-state index in [0.717, 1.165) is 5.56 Å². The summed E-state index contributed by atoms with van der Waals surface area (Å²) >= 11 is 0.